The van der Waals surface area contributed by atoms with Gasteiger partial charge in [0.05, 0.1) is 12.3 Å². The summed E-state index contributed by atoms with van der Waals surface area (Å²) in [5.41, 5.74) is 0.412. The lowest BCUT2D eigenvalue weighted by molar-refractivity contribution is -0.123. The fourth-order valence-corrected chi connectivity index (χ4v) is 1.61. The van der Waals surface area contributed by atoms with Gasteiger partial charge in [-0.3, -0.25) is 10.1 Å². The molecule has 1 aliphatic rings. The molecular weight excluding hydrogens is 220 g/mol. The van der Waals surface area contributed by atoms with Crippen LogP contribution < -0.4 is 5.32 Å². The quantitative estimate of drug-likeness (QED) is 0.857. The molecule has 1 aromatic rings. The van der Waals surface area contributed by atoms with Crippen LogP contribution in [0.3, 0.4) is 0 Å². The molecule has 1 aromatic heterocycles. The predicted molar refractivity (Wildman–Crippen MR) is 62.8 cm³/mol. The molecule has 1 aliphatic heterocycles. The number of carbonyl (C=O) groups excluding carboxylic acids is 1. The number of aromatic nitrogens is 1. The van der Waals surface area contributed by atoms with Crippen molar-refractivity contribution in [3.8, 4) is 0 Å². The Morgan fingerprint density at radius 1 is 1.53 bits per heavy atom. The maximum atomic E-state index is 11.7. The summed E-state index contributed by atoms with van der Waals surface area (Å²) in [5.74, 6) is 0.619. The molecule has 0 saturated carbocycles. The molecule has 0 bridgehead atoms. The third-order valence-corrected chi connectivity index (χ3v) is 2.79. The number of nitrogens with one attached hydrogen (secondary N) is 1. The molecule has 5 heteroatoms. The number of hydrogen-bond donors (Lipinski definition) is 1. The minimum Gasteiger partial charge on any atom is -0.381 e. The molecule has 2 rings (SSSR count). The van der Waals surface area contributed by atoms with Crippen LogP contribution in [0.2, 0.25) is 0 Å². The van der Waals surface area contributed by atoms with Crippen molar-refractivity contribution in [2.75, 3.05) is 18.5 Å². The fourth-order valence-electron chi connectivity index (χ4n) is 1.61. The third kappa shape index (κ3) is 2.85. The highest BCUT2D eigenvalue weighted by molar-refractivity contribution is 5.93. The van der Waals surface area contributed by atoms with Crippen LogP contribution in [0, 0.1) is 5.41 Å². The van der Waals surface area contributed by atoms with Crippen LogP contribution in [0.25, 0.3) is 0 Å². The third-order valence-electron chi connectivity index (χ3n) is 2.79. The Hall–Kier alpha value is -1.36. The lowest BCUT2D eigenvalue weighted by Gasteiger charge is -2.15. The van der Waals surface area contributed by atoms with Crippen LogP contribution >= 0.6 is 0 Å². The molecule has 0 radical (unpaired) electrons. The smallest absolute Gasteiger partial charge is 0.232 e. The monoisotopic (exact) mass is 238 g/mol. The highest BCUT2D eigenvalue weighted by atomic mass is 16.5. The van der Waals surface area contributed by atoms with Crippen LogP contribution in [-0.4, -0.2) is 24.3 Å². The number of hydrogen-bond acceptors (Lipinski definition) is 4. The highest BCUT2D eigenvalue weighted by Crippen LogP contribution is 2.26. The summed E-state index contributed by atoms with van der Waals surface area (Å²) < 4.78 is 10.4. The van der Waals surface area contributed by atoms with Crippen LogP contribution in [-0.2, 0) is 9.53 Å². The Bertz CT molecular complexity index is 400. The molecule has 1 saturated heterocycles. The average Bonchev–Trinajstić information content (AvgIpc) is 2.83. The van der Waals surface area contributed by atoms with E-state index in [1.165, 1.54) is 0 Å². The van der Waals surface area contributed by atoms with Gasteiger partial charge in [0.1, 0.15) is 0 Å². The van der Waals surface area contributed by atoms with Gasteiger partial charge >= 0.3 is 0 Å². The zero-order chi connectivity index (χ0) is 12.5. The Morgan fingerprint density at radius 2 is 2.29 bits per heavy atom. The van der Waals surface area contributed by atoms with E-state index in [2.05, 4.69) is 10.5 Å². The molecule has 0 aliphatic carbocycles. The fraction of sp³-hybridized carbons (Fsp3) is 0.667. The van der Waals surface area contributed by atoms with E-state index >= 15 is 0 Å². The Morgan fingerprint density at radius 3 is 2.88 bits per heavy atom. The van der Waals surface area contributed by atoms with Crippen molar-refractivity contribution in [3.05, 3.63) is 11.8 Å². The van der Waals surface area contributed by atoms with Gasteiger partial charge in [0.15, 0.2) is 0 Å². The summed E-state index contributed by atoms with van der Waals surface area (Å²) in [6, 6.07) is 1.78. The van der Waals surface area contributed by atoms with E-state index in [0.717, 1.165) is 18.7 Å². The second-order valence-corrected chi connectivity index (χ2v) is 5.38. The largest absolute Gasteiger partial charge is 0.381 e. The second-order valence-electron chi connectivity index (χ2n) is 5.38. The van der Waals surface area contributed by atoms with E-state index in [4.69, 9.17) is 9.26 Å². The number of rotatable bonds is 2. The van der Waals surface area contributed by atoms with Gasteiger partial charge in [-0.05, 0) is 6.42 Å². The summed E-state index contributed by atoms with van der Waals surface area (Å²) >= 11 is 0. The van der Waals surface area contributed by atoms with E-state index in [1.54, 1.807) is 6.07 Å². The molecule has 5 nitrogen and oxygen atoms in total. The summed E-state index contributed by atoms with van der Waals surface area (Å²) in [6.45, 7) is 7.00. The molecule has 0 aromatic carbocycles. The van der Waals surface area contributed by atoms with E-state index in [1.807, 2.05) is 20.8 Å². The summed E-state index contributed by atoms with van der Waals surface area (Å²) in [6.07, 6.45) is 0.958. The minimum absolute atomic E-state index is 0.0807. The summed E-state index contributed by atoms with van der Waals surface area (Å²) in [5, 5.41) is 6.68. The summed E-state index contributed by atoms with van der Waals surface area (Å²) in [4.78, 5) is 11.7. The first-order valence-electron chi connectivity index (χ1n) is 5.82. The Labute approximate surface area is 101 Å². The van der Waals surface area contributed by atoms with Gasteiger partial charge in [-0.15, -0.1) is 0 Å². The lowest BCUT2D eigenvalue weighted by Crippen LogP contribution is -2.27. The van der Waals surface area contributed by atoms with Gasteiger partial charge in [-0.2, -0.15) is 0 Å². The molecular formula is C12H18N2O3. The van der Waals surface area contributed by atoms with Gasteiger partial charge in [0.25, 0.3) is 0 Å². The van der Waals surface area contributed by atoms with Crippen molar-refractivity contribution in [2.24, 2.45) is 5.41 Å². The van der Waals surface area contributed by atoms with Crippen molar-refractivity contribution >= 4 is 11.8 Å². The van der Waals surface area contributed by atoms with Crippen LogP contribution in [0.15, 0.2) is 10.6 Å². The number of amides is 1. The lowest BCUT2D eigenvalue weighted by atomic mass is 9.96. The number of nitrogens with zero attached hydrogens (tertiary/aromatic N) is 1. The molecule has 1 atom stereocenters. The van der Waals surface area contributed by atoms with Gasteiger partial charge in [0.2, 0.25) is 11.8 Å². The van der Waals surface area contributed by atoms with Gasteiger partial charge < -0.3 is 9.26 Å². The van der Waals surface area contributed by atoms with Crippen molar-refractivity contribution in [3.63, 3.8) is 0 Å². The molecule has 1 unspecified atom stereocenters. The van der Waals surface area contributed by atoms with E-state index < -0.39 is 5.41 Å². The molecule has 2 heterocycles. The maximum absolute atomic E-state index is 11.7. The summed E-state index contributed by atoms with van der Waals surface area (Å²) in [7, 11) is 0. The van der Waals surface area contributed by atoms with Gasteiger partial charge in [0, 0.05) is 24.0 Å². The maximum Gasteiger partial charge on any atom is 0.232 e. The zero-order valence-corrected chi connectivity index (χ0v) is 10.4. The van der Waals surface area contributed by atoms with E-state index in [-0.39, 0.29) is 5.91 Å². The van der Waals surface area contributed by atoms with Crippen molar-refractivity contribution in [1.29, 1.82) is 0 Å². The SMILES string of the molecule is CC(C)(C)C(=O)Nc1cc(C2CCOC2)no1. The molecule has 0 spiro atoms. The minimum atomic E-state index is -0.441. The Kier molecular flexibility index (Phi) is 3.19. The van der Waals surface area contributed by atoms with Crippen molar-refractivity contribution in [2.45, 2.75) is 33.1 Å². The molecule has 1 amide bonds. The highest BCUT2D eigenvalue weighted by Gasteiger charge is 2.25. The van der Waals surface area contributed by atoms with Crippen molar-refractivity contribution < 1.29 is 14.1 Å². The van der Waals surface area contributed by atoms with E-state index in [9.17, 15) is 4.79 Å². The molecule has 94 valence electrons. The van der Waals surface area contributed by atoms with Crippen LogP contribution in [0.4, 0.5) is 5.88 Å². The van der Waals surface area contributed by atoms with Crippen LogP contribution in [0.5, 0.6) is 0 Å². The number of carbonyl (C=O) groups is 1. The van der Waals surface area contributed by atoms with Crippen molar-refractivity contribution in [1.82, 2.24) is 5.16 Å². The topological polar surface area (TPSA) is 64.4 Å². The zero-order valence-electron chi connectivity index (χ0n) is 10.4. The van der Waals surface area contributed by atoms with E-state index in [0.29, 0.717) is 18.4 Å². The molecule has 17 heavy (non-hydrogen) atoms. The average molecular weight is 238 g/mol. The predicted octanol–water partition coefficient (Wildman–Crippen LogP) is 2.16. The standard InChI is InChI=1S/C12H18N2O3/c1-12(2,3)11(15)13-10-6-9(14-17-10)8-4-5-16-7-8/h6,8H,4-5,7H2,1-3H3,(H,13,15). The first kappa shape index (κ1) is 12.1. The Balaban J connectivity index is 2.01. The molecule has 1 fully saturated rings. The number of ether oxygens (including phenoxy) is 1. The first-order chi connectivity index (χ1) is 7.97. The van der Waals surface area contributed by atoms with Gasteiger partial charge in [-0.1, -0.05) is 25.9 Å². The first-order valence-corrected chi connectivity index (χ1v) is 5.82. The van der Waals surface area contributed by atoms with Crippen LogP contribution in [0.1, 0.15) is 38.8 Å². The van der Waals surface area contributed by atoms with Gasteiger partial charge in [-0.25, -0.2) is 0 Å². The molecule has 1 N–H and O–H groups in total. The second kappa shape index (κ2) is 4.49. The number of anilines is 1. The normalized spacial score (nSPS) is 20.5.